The predicted molar refractivity (Wildman–Crippen MR) is 96.8 cm³/mol. The Bertz CT molecular complexity index is 861. The number of piperazine rings is 1. The first-order chi connectivity index (χ1) is 13.7. The van der Waals surface area contributed by atoms with Gasteiger partial charge in [-0.05, 0) is 36.4 Å². The second-order valence-electron chi connectivity index (χ2n) is 6.46. The summed E-state index contributed by atoms with van der Waals surface area (Å²) in [5.41, 5.74) is -0.565. The van der Waals surface area contributed by atoms with E-state index in [0.717, 1.165) is 24.4 Å². The smallest absolute Gasteiger partial charge is 0.353 e. The first-order valence-corrected chi connectivity index (χ1v) is 8.84. The van der Waals surface area contributed by atoms with E-state index >= 15 is 0 Å². The van der Waals surface area contributed by atoms with Gasteiger partial charge in [0.2, 0.25) is 5.91 Å². The zero-order valence-corrected chi connectivity index (χ0v) is 15.2. The summed E-state index contributed by atoms with van der Waals surface area (Å²) in [6.07, 6.45) is -3.65. The van der Waals surface area contributed by atoms with Crippen LogP contribution < -0.4 is 10.2 Å². The van der Waals surface area contributed by atoms with Gasteiger partial charge in [-0.2, -0.15) is 13.2 Å². The third-order valence-electron chi connectivity index (χ3n) is 4.54. The van der Waals surface area contributed by atoms with Gasteiger partial charge in [-0.15, -0.1) is 0 Å². The third kappa shape index (κ3) is 5.21. The summed E-state index contributed by atoms with van der Waals surface area (Å²) in [7, 11) is 0. The van der Waals surface area contributed by atoms with E-state index in [1.807, 2.05) is 0 Å². The van der Waals surface area contributed by atoms with Crippen molar-refractivity contribution in [2.75, 3.05) is 37.6 Å². The van der Waals surface area contributed by atoms with Gasteiger partial charge in [-0.1, -0.05) is 0 Å². The molecule has 0 radical (unpaired) electrons. The number of benzene rings is 1. The van der Waals surface area contributed by atoms with E-state index in [0.29, 0.717) is 32.0 Å². The first kappa shape index (κ1) is 20.6. The highest BCUT2D eigenvalue weighted by atomic mass is 19.4. The van der Waals surface area contributed by atoms with Crippen LogP contribution in [0.4, 0.5) is 23.4 Å². The van der Waals surface area contributed by atoms with Crippen LogP contribution in [0.25, 0.3) is 0 Å². The maximum Gasteiger partial charge on any atom is 0.417 e. The van der Waals surface area contributed by atoms with Crippen LogP contribution in [0, 0.1) is 5.82 Å². The summed E-state index contributed by atoms with van der Waals surface area (Å²) in [5.74, 6) is -0.806. The fourth-order valence-electron chi connectivity index (χ4n) is 2.90. The van der Waals surface area contributed by atoms with Crippen molar-refractivity contribution in [3.05, 3.63) is 59.5 Å². The Morgan fingerprint density at radius 3 is 2.21 bits per heavy atom. The number of hydrogen-bond acceptors (Lipinski definition) is 4. The van der Waals surface area contributed by atoms with Gasteiger partial charge in [0.25, 0.3) is 5.91 Å². The Kier molecular flexibility index (Phi) is 6.00. The van der Waals surface area contributed by atoms with E-state index in [1.165, 1.54) is 18.2 Å². The molecule has 1 N–H and O–H groups in total. The van der Waals surface area contributed by atoms with Crippen molar-refractivity contribution in [2.24, 2.45) is 0 Å². The molecule has 0 saturated carbocycles. The maximum atomic E-state index is 12.9. The Labute approximate surface area is 164 Å². The summed E-state index contributed by atoms with van der Waals surface area (Å²) < 4.78 is 50.7. The molecule has 29 heavy (non-hydrogen) atoms. The van der Waals surface area contributed by atoms with Gasteiger partial charge >= 0.3 is 6.18 Å². The second-order valence-corrected chi connectivity index (χ2v) is 6.46. The van der Waals surface area contributed by atoms with Gasteiger partial charge in [0.15, 0.2) is 0 Å². The van der Waals surface area contributed by atoms with Crippen LogP contribution in [0.15, 0.2) is 42.6 Å². The predicted octanol–water partition coefficient (Wildman–Crippen LogP) is 2.32. The minimum atomic E-state index is -4.44. The van der Waals surface area contributed by atoms with E-state index in [1.54, 1.807) is 9.80 Å². The molecule has 1 saturated heterocycles. The summed E-state index contributed by atoms with van der Waals surface area (Å²) in [6, 6.07) is 7.25. The summed E-state index contributed by atoms with van der Waals surface area (Å²) >= 11 is 0. The molecule has 0 spiro atoms. The standard InChI is InChI=1S/C19H18F4N4O2/c20-15-4-1-13(2-5-15)18(29)25-12-17(28)27-9-7-26(8-10-27)16-6-3-14(11-24-16)19(21,22)23/h1-6,11H,7-10,12H2,(H,25,29). The number of anilines is 1. The molecule has 1 aliphatic heterocycles. The first-order valence-electron chi connectivity index (χ1n) is 8.84. The lowest BCUT2D eigenvalue weighted by molar-refractivity contribution is -0.137. The van der Waals surface area contributed by atoms with Crippen LogP contribution in [0.5, 0.6) is 0 Å². The molecule has 6 nitrogen and oxygen atoms in total. The Balaban J connectivity index is 1.48. The quantitative estimate of drug-likeness (QED) is 0.786. The lowest BCUT2D eigenvalue weighted by Gasteiger charge is -2.35. The SMILES string of the molecule is O=C(NCC(=O)N1CCN(c2ccc(C(F)(F)F)cn2)CC1)c1ccc(F)cc1. The Hall–Kier alpha value is -3.17. The number of aromatic nitrogens is 1. The molecular weight excluding hydrogens is 392 g/mol. The number of carbonyl (C=O) groups excluding carboxylic acids is 2. The molecule has 1 aromatic carbocycles. The van der Waals surface area contributed by atoms with Crippen LogP contribution in [0.1, 0.15) is 15.9 Å². The number of alkyl halides is 3. The van der Waals surface area contributed by atoms with Crippen molar-refractivity contribution in [1.82, 2.24) is 15.2 Å². The molecule has 1 aliphatic rings. The molecule has 154 valence electrons. The number of amides is 2. The monoisotopic (exact) mass is 410 g/mol. The van der Waals surface area contributed by atoms with Crippen molar-refractivity contribution >= 4 is 17.6 Å². The zero-order chi connectivity index (χ0) is 21.0. The lowest BCUT2D eigenvalue weighted by Crippen LogP contribution is -2.51. The molecule has 0 unspecified atom stereocenters. The summed E-state index contributed by atoms with van der Waals surface area (Å²) in [5, 5.41) is 2.49. The fraction of sp³-hybridized carbons (Fsp3) is 0.316. The van der Waals surface area contributed by atoms with Crippen LogP contribution in [-0.2, 0) is 11.0 Å². The summed E-state index contributed by atoms with van der Waals surface area (Å²) in [4.78, 5) is 31.5. The zero-order valence-electron chi connectivity index (χ0n) is 15.2. The molecule has 1 aromatic heterocycles. The third-order valence-corrected chi connectivity index (χ3v) is 4.54. The van der Waals surface area contributed by atoms with Crippen LogP contribution >= 0.6 is 0 Å². The molecule has 0 atom stereocenters. The molecular formula is C19H18F4N4O2. The van der Waals surface area contributed by atoms with Crippen molar-refractivity contribution in [3.63, 3.8) is 0 Å². The highest BCUT2D eigenvalue weighted by Crippen LogP contribution is 2.29. The molecule has 2 heterocycles. The number of halogens is 4. The maximum absolute atomic E-state index is 12.9. The Morgan fingerprint density at radius 2 is 1.66 bits per heavy atom. The van der Waals surface area contributed by atoms with E-state index in [-0.39, 0.29) is 18.0 Å². The highest BCUT2D eigenvalue weighted by Gasteiger charge is 2.31. The number of rotatable bonds is 4. The average Bonchev–Trinajstić information content (AvgIpc) is 2.72. The topological polar surface area (TPSA) is 65.5 Å². The largest absolute Gasteiger partial charge is 0.417 e. The lowest BCUT2D eigenvalue weighted by atomic mass is 10.2. The number of pyridine rings is 1. The van der Waals surface area contributed by atoms with Gasteiger partial charge in [-0.3, -0.25) is 9.59 Å². The molecule has 2 aromatic rings. The van der Waals surface area contributed by atoms with Gasteiger partial charge in [0.05, 0.1) is 12.1 Å². The van der Waals surface area contributed by atoms with Crippen molar-refractivity contribution in [1.29, 1.82) is 0 Å². The molecule has 0 bridgehead atoms. The average molecular weight is 410 g/mol. The summed E-state index contributed by atoms with van der Waals surface area (Å²) in [6.45, 7) is 1.34. The van der Waals surface area contributed by atoms with Crippen molar-refractivity contribution in [3.8, 4) is 0 Å². The molecule has 0 aliphatic carbocycles. The molecule has 2 amide bonds. The molecule has 3 rings (SSSR count). The van der Waals surface area contributed by atoms with Gasteiger partial charge < -0.3 is 15.1 Å². The molecule has 10 heteroatoms. The van der Waals surface area contributed by atoms with E-state index in [2.05, 4.69) is 10.3 Å². The van der Waals surface area contributed by atoms with Crippen LogP contribution in [0.3, 0.4) is 0 Å². The minimum Gasteiger partial charge on any atom is -0.353 e. The van der Waals surface area contributed by atoms with E-state index in [9.17, 15) is 27.2 Å². The van der Waals surface area contributed by atoms with Gasteiger partial charge in [0, 0.05) is 37.9 Å². The fourth-order valence-corrected chi connectivity index (χ4v) is 2.90. The number of hydrogen-bond donors (Lipinski definition) is 1. The van der Waals surface area contributed by atoms with Crippen LogP contribution in [0.2, 0.25) is 0 Å². The normalized spacial score (nSPS) is 14.6. The van der Waals surface area contributed by atoms with E-state index in [4.69, 9.17) is 0 Å². The number of carbonyl (C=O) groups is 2. The Morgan fingerprint density at radius 1 is 1.00 bits per heavy atom. The molecule has 1 fully saturated rings. The van der Waals surface area contributed by atoms with Gasteiger partial charge in [0.1, 0.15) is 11.6 Å². The second kappa shape index (κ2) is 8.46. The van der Waals surface area contributed by atoms with E-state index < -0.39 is 23.5 Å². The van der Waals surface area contributed by atoms with Crippen LogP contribution in [-0.4, -0.2) is 54.4 Å². The van der Waals surface area contributed by atoms with Gasteiger partial charge in [-0.25, -0.2) is 9.37 Å². The number of nitrogens with one attached hydrogen (secondary N) is 1. The van der Waals surface area contributed by atoms with Crippen molar-refractivity contribution < 1.29 is 27.2 Å². The minimum absolute atomic E-state index is 0.200. The number of nitrogens with zero attached hydrogens (tertiary/aromatic N) is 3. The highest BCUT2D eigenvalue weighted by molar-refractivity contribution is 5.96. The van der Waals surface area contributed by atoms with Crippen molar-refractivity contribution in [2.45, 2.75) is 6.18 Å².